The molecule has 6 nitrogen and oxygen atoms in total. The summed E-state index contributed by atoms with van der Waals surface area (Å²) in [5, 5.41) is 2.65. The van der Waals surface area contributed by atoms with Gasteiger partial charge in [-0.25, -0.2) is 4.98 Å². The van der Waals surface area contributed by atoms with Crippen molar-refractivity contribution in [1.82, 2.24) is 20.3 Å². The van der Waals surface area contributed by atoms with E-state index in [1.165, 1.54) is 0 Å². The fourth-order valence-electron chi connectivity index (χ4n) is 1.78. The van der Waals surface area contributed by atoms with Crippen LogP contribution in [0.3, 0.4) is 0 Å². The minimum absolute atomic E-state index is 0.146. The van der Waals surface area contributed by atoms with Gasteiger partial charge in [0.25, 0.3) is 11.5 Å². The third-order valence-corrected chi connectivity index (χ3v) is 2.56. The first-order chi connectivity index (χ1) is 8.58. The number of carbonyl (C=O) groups excluding carboxylic acids is 1. The van der Waals surface area contributed by atoms with Gasteiger partial charge in [0.1, 0.15) is 11.4 Å². The number of hydrogen-bond donors (Lipinski definition) is 3. The lowest BCUT2D eigenvalue weighted by Crippen LogP contribution is -2.31. The Bertz CT molecular complexity index is 614. The summed E-state index contributed by atoms with van der Waals surface area (Å²) >= 11 is 0. The number of nitrogens with one attached hydrogen (secondary N) is 3. The normalized spacial score (nSPS) is 10.3. The number of carbonyl (C=O) groups is 1. The van der Waals surface area contributed by atoms with Crippen molar-refractivity contribution in [1.29, 1.82) is 0 Å². The first-order valence-corrected chi connectivity index (χ1v) is 5.55. The van der Waals surface area contributed by atoms with Gasteiger partial charge in [-0.3, -0.25) is 9.59 Å². The maximum atomic E-state index is 11.9. The van der Waals surface area contributed by atoms with Gasteiger partial charge in [0.15, 0.2) is 0 Å². The summed E-state index contributed by atoms with van der Waals surface area (Å²) in [6.07, 6.45) is 3.27. The molecule has 0 atom stereocenters. The molecular weight excluding hydrogens is 232 g/mol. The van der Waals surface area contributed by atoms with Crippen molar-refractivity contribution in [2.45, 2.75) is 20.4 Å². The zero-order valence-corrected chi connectivity index (χ0v) is 10.2. The van der Waals surface area contributed by atoms with Crippen molar-refractivity contribution in [2.24, 2.45) is 0 Å². The van der Waals surface area contributed by atoms with E-state index in [2.05, 4.69) is 20.3 Å². The monoisotopic (exact) mass is 246 g/mol. The van der Waals surface area contributed by atoms with Gasteiger partial charge in [-0.1, -0.05) is 0 Å². The largest absolute Gasteiger partial charge is 0.347 e. The fourth-order valence-corrected chi connectivity index (χ4v) is 1.78. The van der Waals surface area contributed by atoms with Crippen LogP contribution in [0.4, 0.5) is 0 Å². The molecule has 0 radical (unpaired) electrons. The predicted octanol–water partition coefficient (Wildman–Crippen LogP) is 0.645. The SMILES string of the molecule is Cc1cc(C)c(C(=O)NCc2ncc[nH]2)c(=O)[nH]1. The highest BCUT2D eigenvalue weighted by atomic mass is 16.2. The zero-order chi connectivity index (χ0) is 13.1. The molecule has 2 heterocycles. The summed E-state index contributed by atoms with van der Waals surface area (Å²) in [5.41, 5.74) is 1.17. The number of H-pyrrole nitrogens is 2. The van der Waals surface area contributed by atoms with Crippen LogP contribution in [-0.2, 0) is 6.54 Å². The summed E-state index contributed by atoms with van der Waals surface area (Å²) < 4.78 is 0. The van der Waals surface area contributed by atoms with Crippen molar-refractivity contribution >= 4 is 5.91 Å². The average molecular weight is 246 g/mol. The number of pyridine rings is 1. The molecule has 2 aromatic heterocycles. The molecule has 0 aromatic carbocycles. The van der Waals surface area contributed by atoms with Gasteiger partial charge >= 0.3 is 0 Å². The Balaban J connectivity index is 2.17. The highest BCUT2D eigenvalue weighted by Crippen LogP contribution is 2.03. The van der Waals surface area contributed by atoms with Gasteiger partial charge in [0.05, 0.1) is 6.54 Å². The predicted molar refractivity (Wildman–Crippen MR) is 66.3 cm³/mol. The number of imidazole rings is 1. The minimum Gasteiger partial charge on any atom is -0.347 e. The lowest BCUT2D eigenvalue weighted by molar-refractivity contribution is 0.0948. The fraction of sp³-hybridized carbons (Fsp3) is 0.250. The van der Waals surface area contributed by atoms with E-state index in [1.54, 1.807) is 32.3 Å². The van der Waals surface area contributed by atoms with Gasteiger partial charge in [0, 0.05) is 18.1 Å². The Morgan fingerprint density at radius 1 is 1.44 bits per heavy atom. The van der Waals surface area contributed by atoms with Crippen LogP contribution in [0.1, 0.15) is 27.4 Å². The van der Waals surface area contributed by atoms with Gasteiger partial charge in [-0.05, 0) is 25.5 Å². The van der Waals surface area contributed by atoms with Gasteiger partial charge in [-0.2, -0.15) is 0 Å². The van der Waals surface area contributed by atoms with E-state index in [1.807, 2.05) is 0 Å². The summed E-state index contributed by atoms with van der Waals surface area (Å²) in [7, 11) is 0. The van der Waals surface area contributed by atoms with Gasteiger partial charge in [-0.15, -0.1) is 0 Å². The lowest BCUT2D eigenvalue weighted by Gasteiger charge is -2.06. The Morgan fingerprint density at radius 2 is 2.22 bits per heavy atom. The number of hydrogen-bond acceptors (Lipinski definition) is 3. The molecule has 0 fully saturated rings. The average Bonchev–Trinajstić information content (AvgIpc) is 2.77. The number of rotatable bonds is 3. The quantitative estimate of drug-likeness (QED) is 0.742. The molecule has 6 heteroatoms. The van der Waals surface area contributed by atoms with E-state index in [4.69, 9.17) is 0 Å². The number of aromatic nitrogens is 3. The number of nitrogens with zero attached hydrogens (tertiary/aromatic N) is 1. The minimum atomic E-state index is -0.398. The van der Waals surface area contributed by atoms with E-state index in [-0.39, 0.29) is 17.7 Å². The maximum Gasteiger partial charge on any atom is 0.261 e. The third kappa shape index (κ3) is 2.48. The van der Waals surface area contributed by atoms with E-state index in [0.29, 0.717) is 11.4 Å². The first-order valence-electron chi connectivity index (χ1n) is 5.55. The molecule has 18 heavy (non-hydrogen) atoms. The van der Waals surface area contributed by atoms with Gasteiger partial charge < -0.3 is 15.3 Å². The molecule has 0 aliphatic carbocycles. The second-order valence-corrected chi connectivity index (χ2v) is 4.06. The maximum absolute atomic E-state index is 11.9. The Kier molecular flexibility index (Phi) is 3.27. The van der Waals surface area contributed by atoms with Crippen LogP contribution >= 0.6 is 0 Å². The molecule has 2 aromatic rings. The van der Waals surface area contributed by atoms with Crippen LogP contribution in [0.25, 0.3) is 0 Å². The van der Waals surface area contributed by atoms with E-state index in [9.17, 15) is 9.59 Å². The smallest absolute Gasteiger partial charge is 0.261 e. The molecule has 2 rings (SSSR count). The summed E-state index contributed by atoms with van der Waals surface area (Å²) in [6.45, 7) is 3.78. The number of aromatic amines is 2. The van der Waals surface area contributed by atoms with Gasteiger partial charge in [0.2, 0.25) is 0 Å². The van der Waals surface area contributed by atoms with E-state index in [0.717, 1.165) is 5.69 Å². The van der Waals surface area contributed by atoms with Crippen LogP contribution in [0.15, 0.2) is 23.3 Å². The molecular formula is C12H14N4O2. The second-order valence-electron chi connectivity index (χ2n) is 4.06. The Hall–Kier alpha value is -2.37. The summed E-state index contributed by atoms with van der Waals surface area (Å²) in [5.74, 6) is 0.245. The van der Waals surface area contributed by atoms with Crippen LogP contribution in [0.5, 0.6) is 0 Å². The van der Waals surface area contributed by atoms with E-state index < -0.39 is 5.91 Å². The summed E-state index contributed by atoms with van der Waals surface area (Å²) in [4.78, 5) is 33.1. The van der Waals surface area contributed by atoms with Crippen LogP contribution in [-0.4, -0.2) is 20.9 Å². The topological polar surface area (TPSA) is 90.6 Å². The van der Waals surface area contributed by atoms with Crippen molar-refractivity contribution in [3.8, 4) is 0 Å². The highest BCUT2D eigenvalue weighted by Gasteiger charge is 2.14. The molecule has 3 N–H and O–H groups in total. The molecule has 0 unspecified atom stereocenters. The molecule has 1 amide bonds. The van der Waals surface area contributed by atoms with Crippen molar-refractivity contribution in [2.75, 3.05) is 0 Å². The molecule has 0 spiro atoms. The van der Waals surface area contributed by atoms with Crippen LogP contribution < -0.4 is 10.9 Å². The Labute approximate surface area is 103 Å². The molecule has 94 valence electrons. The summed E-state index contributed by atoms with van der Waals surface area (Å²) in [6, 6.07) is 1.77. The number of amides is 1. The Morgan fingerprint density at radius 3 is 2.83 bits per heavy atom. The zero-order valence-electron chi connectivity index (χ0n) is 10.2. The molecule has 0 saturated carbocycles. The number of aryl methyl sites for hydroxylation is 2. The molecule has 0 bridgehead atoms. The molecule has 0 saturated heterocycles. The first kappa shape index (κ1) is 12.1. The third-order valence-electron chi connectivity index (χ3n) is 2.56. The van der Waals surface area contributed by atoms with Crippen molar-refractivity contribution in [3.05, 3.63) is 51.5 Å². The van der Waals surface area contributed by atoms with Crippen LogP contribution in [0, 0.1) is 13.8 Å². The van der Waals surface area contributed by atoms with E-state index >= 15 is 0 Å². The van der Waals surface area contributed by atoms with Crippen molar-refractivity contribution in [3.63, 3.8) is 0 Å². The van der Waals surface area contributed by atoms with Crippen LogP contribution in [0.2, 0.25) is 0 Å². The standard InChI is InChI=1S/C12H14N4O2/c1-7-5-8(2)16-12(18)10(7)11(17)15-6-9-13-3-4-14-9/h3-5H,6H2,1-2H3,(H,13,14)(H,15,17)(H,16,18). The second kappa shape index (κ2) is 4.87. The molecule has 0 aliphatic heterocycles. The van der Waals surface area contributed by atoms with Crippen molar-refractivity contribution < 1.29 is 4.79 Å². The lowest BCUT2D eigenvalue weighted by atomic mass is 10.1. The molecule has 0 aliphatic rings. The highest BCUT2D eigenvalue weighted by molar-refractivity contribution is 5.95.